The van der Waals surface area contributed by atoms with Crippen LogP contribution in [0.4, 0.5) is 6.01 Å². The number of sulfonamides is 1. The van der Waals surface area contributed by atoms with Gasteiger partial charge in [0.05, 0.1) is 0 Å². The van der Waals surface area contributed by atoms with Gasteiger partial charge in [-0.1, -0.05) is 23.1 Å². The number of benzene rings is 1. The van der Waals surface area contributed by atoms with E-state index in [1.165, 1.54) is 6.07 Å². The van der Waals surface area contributed by atoms with Gasteiger partial charge in [-0.3, -0.25) is 0 Å². The van der Waals surface area contributed by atoms with E-state index in [1.54, 1.807) is 19.1 Å². The lowest BCUT2D eigenvalue weighted by molar-refractivity contribution is 0.350. The molecule has 0 atom stereocenters. The monoisotopic (exact) mass is 307 g/mol. The molecule has 8 heteroatoms. The Morgan fingerprint density at radius 3 is 2.76 bits per heavy atom. The van der Waals surface area contributed by atoms with E-state index in [0.717, 1.165) is 5.56 Å². The molecule has 0 amide bonds. The van der Waals surface area contributed by atoms with Crippen LogP contribution in [0.3, 0.4) is 0 Å². The van der Waals surface area contributed by atoms with Gasteiger partial charge in [0, 0.05) is 5.56 Å². The first-order valence-electron chi connectivity index (χ1n) is 5.96. The Balaban J connectivity index is 2.44. The Hall–Kier alpha value is -2.37. The van der Waals surface area contributed by atoms with Crippen LogP contribution in [0.2, 0.25) is 0 Å². The molecule has 0 unspecified atom stereocenters. The molecule has 1 aromatic heterocycles. The first kappa shape index (κ1) is 15.0. The zero-order chi connectivity index (χ0) is 15.5. The highest BCUT2D eigenvalue weighted by Gasteiger charge is 2.20. The zero-order valence-corrected chi connectivity index (χ0v) is 12.2. The quantitative estimate of drug-likeness (QED) is 0.814. The van der Waals surface area contributed by atoms with Gasteiger partial charge in [0.25, 0.3) is 10.0 Å². The van der Waals surface area contributed by atoms with Gasteiger partial charge >= 0.3 is 6.01 Å². The van der Waals surface area contributed by atoms with Gasteiger partial charge in [-0.05, 0) is 31.5 Å². The number of aromatic nitrogens is 2. The van der Waals surface area contributed by atoms with E-state index in [4.69, 9.17) is 9.63 Å². The molecule has 1 heterocycles. The summed E-state index contributed by atoms with van der Waals surface area (Å²) in [4.78, 5) is 3.76. The SMILES string of the molecule is Cc1ccc(S(=O)(=O)Nc2nc(C)no2)c(C#CCO)c1. The van der Waals surface area contributed by atoms with E-state index >= 15 is 0 Å². The normalized spacial score (nSPS) is 10.8. The van der Waals surface area contributed by atoms with Crippen LogP contribution in [-0.4, -0.2) is 30.3 Å². The maximum Gasteiger partial charge on any atom is 0.335 e. The Bertz CT molecular complexity index is 815. The van der Waals surface area contributed by atoms with Crippen LogP contribution in [0, 0.1) is 25.7 Å². The zero-order valence-electron chi connectivity index (χ0n) is 11.4. The van der Waals surface area contributed by atoms with Gasteiger partial charge < -0.3 is 9.63 Å². The van der Waals surface area contributed by atoms with Crippen molar-refractivity contribution in [2.75, 3.05) is 11.3 Å². The summed E-state index contributed by atoms with van der Waals surface area (Å²) in [6.45, 7) is 3.03. The number of aliphatic hydroxyl groups is 1. The van der Waals surface area contributed by atoms with Crippen molar-refractivity contribution in [2.45, 2.75) is 18.7 Å². The van der Waals surface area contributed by atoms with Crippen LogP contribution in [0.15, 0.2) is 27.6 Å². The Morgan fingerprint density at radius 1 is 1.38 bits per heavy atom. The second kappa shape index (κ2) is 5.95. The Morgan fingerprint density at radius 2 is 2.14 bits per heavy atom. The summed E-state index contributed by atoms with van der Waals surface area (Å²) in [7, 11) is -3.91. The van der Waals surface area contributed by atoms with Crippen molar-refractivity contribution in [1.29, 1.82) is 0 Å². The van der Waals surface area contributed by atoms with Crippen molar-refractivity contribution in [1.82, 2.24) is 10.1 Å². The van der Waals surface area contributed by atoms with E-state index in [2.05, 4.69) is 26.7 Å². The molecule has 0 aliphatic rings. The predicted molar refractivity (Wildman–Crippen MR) is 75.0 cm³/mol. The van der Waals surface area contributed by atoms with Gasteiger partial charge in [0.15, 0.2) is 5.82 Å². The van der Waals surface area contributed by atoms with Crippen molar-refractivity contribution >= 4 is 16.0 Å². The third-order valence-corrected chi connectivity index (χ3v) is 3.85. The number of rotatable bonds is 3. The van der Waals surface area contributed by atoms with Crippen LogP contribution >= 0.6 is 0 Å². The van der Waals surface area contributed by atoms with E-state index in [1.807, 2.05) is 6.92 Å². The highest BCUT2D eigenvalue weighted by molar-refractivity contribution is 7.92. The molecular weight excluding hydrogens is 294 g/mol. The minimum absolute atomic E-state index is 0.0232. The molecule has 110 valence electrons. The molecule has 0 radical (unpaired) electrons. The number of hydrogen-bond donors (Lipinski definition) is 2. The van der Waals surface area contributed by atoms with E-state index in [9.17, 15) is 8.42 Å². The second-order valence-electron chi connectivity index (χ2n) is 4.21. The van der Waals surface area contributed by atoms with Gasteiger partial charge in [0.1, 0.15) is 11.5 Å². The topological polar surface area (TPSA) is 105 Å². The second-order valence-corrected chi connectivity index (χ2v) is 5.86. The van der Waals surface area contributed by atoms with Crippen molar-refractivity contribution in [3.63, 3.8) is 0 Å². The summed E-state index contributed by atoms with van der Waals surface area (Å²) in [5.41, 5.74) is 1.14. The predicted octanol–water partition coefficient (Wildman–Crippen LogP) is 0.831. The standard InChI is InChI=1S/C13H13N3O4S/c1-9-5-6-12(11(8-9)4-3-7-17)21(18,19)16-13-14-10(2)15-20-13/h5-6,8,17H,7H2,1-2H3,(H,14,15,16). The summed E-state index contributed by atoms with van der Waals surface area (Å²) >= 11 is 0. The molecule has 21 heavy (non-hydrogen) atoms. The van der Waals surface area contributed by atoms with Crippen molar-refractivity contribution in [3.8, 4) is 11.8 Å². The average Bonchev–Trinajstić information content (AvgIpc) is 2.80. The molecule has 2 aromatic rings. The summed E-state index contributed by atoms with van der Waals surface area (Å²) in [5.74, 6) is 5.37. The average molecular weight is 307 g/mol. The summed E-state index contributed by atoms with van der Waals surface area (Å²) in [6, 6.07) is 4.49. The molecule has 0 aliphatic heterocycles. The number of nitrogens with zero attached hydrogens (tertiary/aromatic N) is 2. The highest BCUT2D eigenvalue weighted by Crippen LogP contribution is 2.19. The number of anilines is 1. The minimum Gasteiger partial charge on any atom is -0.384 e. The maximum atomic E-state index is 12.3. The first-order valence-corrected chi connectivity index (χ1v) is 7.44. The smallest absolute Gasteiger partial charge is 0.335 e. The molecule has 0 saturated heterocycles. The Kier molecular flexibility index (Phi) is 4.26. The third kappa shape index (κ3) is 3.59. The summed E-state index contributed by atoms with van der Waals surface area (Å²) < 4.78 is 31.6. The van der Waals surface area contributed by atoms with Crippen LogP contribution in [0.5, 0.6) is 0 Å². The Labute approximate surface area is 122 Å². The molecule has 0 bridgehead atoms. The van der Waals surface area contributed by atoms with Crippen molar-refractivity contribution in [3.05, 3.63) is 35.2 Å². The lowest BCUT2D eigenvalue weighted by atomic mass is 10.1. The fourth-order valence-corrected chi connectivity index (χ4v) is 2.69. The molecule has 0 fully saturated rings. The van der Waals surface area contributed by atoms with Crippen LogP contribution in [-0.2, 0) is 10.0 Å². The molecule has 0 aliphatic carbocycles. The molecule has 7 nitrogen and oxygen atoms in total. The van der Waals surface area contributed by atoms with Crippen molar-refractivity contribution < 1.29 is 18.0 Å². The molecule has 0 saturated carbocycles. The fourth-order valence-electron chi connectivity index (χ4n) is 1.62. The number of aliphatic hydroxyl groups excluding tert-OH is 1. The van der Waals surface area contributed by atoms with E-state index in [-0.39, 0.29) is 23.1 Å². The largest absolute Gasteiger partial charge is 0.384 e. The van der Waals surface area contributed by atoms with Gasteiger partial charge in [-0.25, -0.2) is 13.1 Å². The first-order chi connectivity index (χ1) is 9.92. The molecule has 2 N–H and O–H groups in total. The van der Waals surface area contributed by atoms with Gasteiger partial charge in [-0.2, -0.15) is 4.98 Å². The molecular formula is C13H13N3O4S. The van der Waals surface area contributed by atoms with Gasteiger partial charge in [-0.15, -0.1) is 0 Å². The molecule has 0 spiro atoms. The number of nitrogens with one attached hydrogen (secondary N) is 1. The van der Waals surface area contributed by atoms with E-state index < -0.39 is 10.0 Å². The lowest BCUT2D eigenvalue weighted by Gasteiger charge is -2.07. The van der Waals surface area contributed by atoms with Gasteiger partial charge in [0.2, 0.25) is 0 Å². The molecule has 2 rings (SSSR count). The molecule has 1 aromatic carbocycles. The van der Waals surface area contributed by atoms with E-state index in [0.29, 0.717) is 5.82 Å². The minimum atomic E-state index is -3.91. The fraction of sp³-hybridized carbons (Fsp3) is 0.231. The number of hydrogen-bond acceptors (Lipinski definition) is 6. The van der Waals surface area contributed by atoms with Crippen LogP contribution in [0.1, 0.15) is 17.0 Å². The summed E-state index contributed by atoms with van der Waals surface area (Å²) in [6.07, 6.45) is 0. The van der Waals surface area contributed by atoms with Crippen LogP contribution < -0.4 is 4.72 Å². The lowest BCUT2D eigenvalue weighted by Crippen LogP contribution is -2.14. The third-order valence-electron chi connectivity index (χ3n) is 2.48. The number of aryl methyl sites for hydroxylation is 2. The maximum absolute atomic E-state index is 12.3. The summed E-state index contributed by atoms with van der Waals surface area (Å²) in [5, 5.41) is 12.3. The van der Waals surface area contributed by atoms with Crippen LogP contribution in [0.25, 0.3) is 0 Å². The van der Waals surface area contributed by atoms with Crippen molar-refractivity contribution in [2.24, 2.45) is 0 Å². The highest BCUT2D eigenvalue weighted by atomic mass is 32.2.